The Labute approximate surface area is 126 Å². The molecule has 0 aromatic carbocycles. The van der Waals surface area contributed by atoms with Gasteiger partial charge in [0.25, 0.3) is 0 Å². The number of hydrogen-bond acceptors (Lipinski definition) is 5. The van der Waals surface area contributed by atoms with Gasteiger partial charge in [-0.2, -0.15) is 0 Å². The fourth-order valence-electron chi connectivity index (χ4n) is 2.28. The molecule has 1 fully saturated rings. The van der Waals surface area contributed by atoms with Gasteiger partial charge in [0.2, 0.25) is 5.91 Å². The van der Waals surface area contributed by atoms with E-state index in [1.165, 1.54) is 0 Å². The van der Waals surface area contributed by atoms with E-state index in [1.807, 2.05) is 13.1 Å². The highest BCUT2D eigenvalue weighted by molar-refractivity contribution is 5.86. The number of amides is 1. The van der Waals surface area contributed by atoms with E-state index in [0.717, 1.165) is 43.4 Å². The first-order valence-corrected chi connectivity index (χ1v) is 7.65. The second-order valence-corrected chi connectivity index (χ2v) is 5.82. The molecule has 0 aliphatic carbocycles. The van der Waals surface area contributed by atoms with Crippen LogP contribution in [0, 0.1) is 0 Å². The molecular weight excluding hydrogens is 266 g/mol. The summed E-state index contributed by atoms with van der Waals surface area (Å²) in [5, 5.41) is 6.54. The molecule has 1 aliphatic heterocycles. The molecule has 6 nitrogen and oxygen atoms in total. The number of anilines is 2. The van der Waals surface area contributed by atoms with Crippen LogP contribution in [0.25, 0.3) is 0 Å². The minimum atomic E-state index is -0.177. The molecule has 2 rings (SSSR count). The third kappa shape index (κ3) is 3.83. The van der Waals surface area contributed by atoms with Gasteiger partial charge >= 0.3 is 0 Å². The first-order chi connectivity index (χ1) is 10.0. The average Bonchev–Trinajstić information content (AvgIpc) is 2.77. The summed E-state index contributed by atoms with van der Waals surface area (Å²) in [6.07, 6.45) is 1.85. The number of aromatic nitrogens is 2. The smallest absolute Gasteiger partial charge is 0.244 e. The lowest BCUT2D eigenvalue weighted by atomic mass is 10.2. The zero-order chi connectivity index (χ0) is 15.4. The van der Waals surface area contributed by atoms with E-state index >= 15 is 0 Å². The summed E-state index contributed by atoms with van der Waals surface area (Å²) in [7, 11) is 1.83. The Balaban J connectivity index is 2.17. The van der Waals surface area contributed by atoms with Crippen molar-refractivity contribution >= 4 is 17.5 Å². The third-order valence-electron chi connectivity index (χ3n) is 3.57. The van der Waals surface area contributed by atoms with Crippen LogP contribution in [0.1, 0.15) is 45.4 Å². The van der Waals surface area contributed by atoms with Crippen molar-refractivity contribution in [3.05, 3.63) is 11.9 Å². The van der Waals surface area contributed by atoms with Crippen molar-refractivity contribution in [1.82, 2.24) is 14.9 Å². The SMILES string of the molecule is CCCNc1cc(NC2CCN(C)C2=O)nc(C(C)C)n1. The second kappa shape index (κ2) is 6.74. The van der Waals surface area contributed by atoms with Crippen molar-refractivity contribution in [2.24, 2.45) is 0 Å². The quantitative estimate of drug-likeness (QED) is 0.839. The number of carbonyl (C=O) groups is 1. The van der Waals surface area contributed by atoms with Crippen LogP contribution in [0.3, 0.4) is 0 Å². The summed E-state index contributed by atoms with van der Waals surface area (Å²) >= 11 is 0. The van der Waals surface area contributed by atoms with Gasteiger partial charge in [-0.1, -0.05) is 20.8 Å². The second-order valence-electron chi connectivity index (χ2n) is 5.82. The molecule has 0 bridgehead atoms. The molecular formula is C15H25N5O. The van der Waals surface area contributed by atoms with Crippen LogP contribution >= 0.6 is 0 Å². The van der Waals surface area contributed by atoms with Gasteiger partial charge in [0, 0.05) is 32.1 Å². The number of carbonyl (C=O) groups excluding carboxylic acids is 1. The Morgan fingerprint density at radius 2 is 2.10 bits per heavy atom. The Kier molecular flexibility index (Phi) is 4.98. The van der Waals surface area contributed by atoms with E-state index in [2.05, 4.69) is 41.4 Å². The molecule has 1 aliphatic rings. The molecule has 1 unspecified atom stereocenters. The minimum absolute atomic E-state index is 0.128. The van der Waals surface area contributed by atoms with Gasteiger partial charge in [-0.05, 0) is 12.8 Å². The molecule has 0 saturated carbocycles. The van der Waals surface area contributed by atoms with Crippen molar-refractivity contribution in [3.63, 3.8) is 0 Å². The minimum Gasteiger partial charge on any atom is -0.370 e. The van der Waals surface area contributed by atoms with Gasteiger partial charge in [0.1, 0.15) is 23.5 Å². The number of likely N-dealkylation sites (N-methyl/N-ethyl adjacent to an activating group) is 1. The molecule has 6 heteroatoms. The van der Waals surface area contributed by atoms with Crippen LogP contribution in [0.4, 0.5) is 11.6 Å². The Morgan fingerprint density at radius 1 is 1.38 bits per heavy atom. The Morgan fingerprint density at radius 3 is 2.67 bits per heavy atom. The van der Waals surface area contributed by atoms with Gasteiger partial charge < -0.3 is 15.5 Å². The van der Waals surface area contributed by atoms with E-state index in [-0.39, 0.29) is 17.9 Å². The molecule has 1 aromatic heterocycles. The molecule has 2 N–H and O–H groups in total. The predicted octanol–water partition coefficient (Wildman–Crippen LogP) is 2.06. The average molecular weight is 291 g/mol. The molecule has 1 atom stereocenters. The van der Waals surface area contributed by atoms with Gasteiger partial charge in [-0.15, -0.1) is 0 Å². The number of nitrogens with zero attached hydrogens (tertiary/aromatic N) is 3. The van der Waals surface area contributed by atoms with Crippen LogP contribution in [-0.2, 0) is 4.79 Å². The van der Waals surface area contributed by atoms with E-state index < -0.39 is 0 Å². The van der Waals surface area contributed by atoms with Crippen LogP contribution in [-0.4, -0.2) is 47.0 Å². The van der Waals surface area contributed by atoms with Crippen molar-refractivity contribution in [1.29, 1.82) is 0 Å². The molecule has 1 aromatic rings. The fraction of sp³-hybridized carbons (Fsp3) is 0.667. The monoisotopic (exact) mass is 291 g/mol. The molecule has 1 amide bonds. The summed E-state index contributed by atoms with van der Waals surface area (Å²) in [6, 6.07) is 1.71. The van der Waals surface area contributed by atoms with Gasteiger partial charge in [-0.3, -0.25) is 4.79 Å². The largest absolute Gasteiger partial charge is 0.370 e. The zero-order valence-corrected chi connectivity index (χ0v) is 13.3. The van der Waals surface area contributed by atoms with Crippen molar-refractivity contribution in [3.8, 4) is 0 Å². The standard InChI is InChI=1S/C15H25N5O/c1-5-7-16-12-9-13(19-14(18-12)10(2)3)17-11-6-8-20(4)15(11)21/h9-11H,5-8H2,1-4H3,(H2,16,17,18,19). The number of likely N-dealkylation sites (tertiary alicyclic amines) is 1. The zero-order valence-electron chi connectivity index (χ0n) is 13.3. The predicted molar refractivity (Wildman–Crippen MR) is 84.6 cm³/mol. The number of rotatable bonds is 6. The van der Waals surface area contributed by atoms with Crippen molar-refractivity contribution < 1.29 is 4.79 Å². The fourth-order valence-corrected chi connectivity index (χ4v) is 2.28. The van der Waals surface area contributed by atoms with Gasteiger partial charge in [-0.25, -0.2) is 9.97 Å². The third-order valence-corrected chi connectivity index (χ3v) is 3.57. The van der Waals surface area contributed by atoms with Crippen LogP contribution in [0.15, 0.2) is 6.07 Å². The maximum Gasteiger partial charge on any atom is 0.244 e. The highest BCUT2D eigenvalue weighted by Gasteiger charge is 2.29. The lowest BCUT2D eigenvalue weighted by Crippen LogP contribution is -2.31. The summed E-state index contributed by atoms with van der Waals surface area (Å²) < 4.78 is 0. The number of nitrogens with one attached hydrogen (secondary N) is 2. The van der Waals surface area contributed by atoms with E-state index in [4.69, 9.17) is 0 Å². The summed E-state index contributed by atoms with van der Waals surface area (Å²) in [5.41, 5.74) is 0. The van der Waals surface area contributed by atoms with Gasteiger partial charge in [0.05, 0.1) is 0 Å². The van der Waals surface area contributed by atoms with Crippen molar-refractivity contribution in [2.45, 2.75) is 45.6 Å². The van der Waals surface area contributed by atoms with Crippen LogP contribution in [0.5, 0.6) is 0 Å². The van der Waals surface area contributed by atoms with E-state index in [9.17, 15) is 4.79 Å². The maximum atomic E-state index is 12.0. The normalized spacial score (nSPS) is 18.4. The van der Waals surface area contributed by atoms with Crippen LogP contribution in [0.2, 0.25) is 0 Å². The van der Waals surface area contributed by atoms with E-state index in [0.29, 0.717) is 0 Å². The summed E-state index contributed by atoms with van der Waals surface area (Å²) in [6.45, 7) is 7.91. The molecule has 0 radical (unpaired) electrons. The highest BCUT2D eigenvalue weighted by atomic mass is 16.2. The van der Waals surface area contributed by atoms with Crippen LogP contribution < -0.4 is 10.6 Å². The molecule has 1 saturated heterocycles. The van der Waals surface area contributed by atoms with Crippen molar-refractivity contribution in [2.75, 3.05) is 30.8 Å². The molecule has 21 heavy (non-hydrogen) atoms. The Bertz CT molecular complexity index is 503. The van der Waals surface area contributed by atoms with E-state index in [1.54, 1.807) is 4.90 Å². The first kappa shape index (κ1) is 15.5. The summed E-state index contributed by atoms with van der Waals surface area (Å²) in [4.78, 5) is 22.8. The van der Waals surface area contributed by atoms with Gasteiger partial charge in [0.15, 0.2) is 0 Å². The first-order valence-electron chi connectivity index (χ1n) is 7.65. The summed E-state index contributed by atoms with van der Waals surface area (Å²) in [5.74, 6) is 2.70. The maximum absolute atomic E-state index is 12.0. The molecule has 116 valence electrons. The Hall–Kier alpha value is -1.85. The topological polar surface area (TPSA) is 70.2 Å². The molecule has 0 spiro atoms. The number of hydrogen-bond donors (Lipinski definition) is 2. The highest BCUT2D eigenvalue weighted by Crippen LogP contribution is 2.20. The molecule has 2 heterocycles. The lowest BCUT2D eigenvalue weighted by molar-refractivity contribution is -0.127. The lowest BCUT2D eigenvalue weighted by Gasteiger charge is -2.16.